The summed E-state index contributed by atoms with van der Waals surface area (Å²) in [6.45, 7) is 5.65. The number of aromatic hydroxyl groups is 1. The van der Waals surface area contributed by atoms with Gasteiger partial charge in [0, 0.05) is 34.0 Å². The maximum Gasteiger partial charge on any atom is 0.201 e. The lowest BCUT2D eigenvalue weighted by Crippen LogP contribution is -2.63. The van der Waals surface area contributed by atoms with E-state index in [-0.39, 0.29) is 40.6 Å². The minimum Gasteiger partial charge on any atom is -0.510 e. The second kappa shape index (κ2) is 8.73. The van der Waals surface area contributed by atoms with Gasteiger partial charge in [-0.15, -0.1) is 0 Å². The average Bonchev–Trinajstić information content (AvgIpc) is 2.79. The predicted octanol–water partition coefficient (Wildman–Crippen LogP) is 3.73. The van der Waals surface area contributed by atoms with Crippen molar-refractivity contribution in [3.63, 3.8) is 0 Å². The fourth-order valence-corrected chi connectivity index (χ4v) is 7.05. The number of carbonyl (C=O) groups is 2. The molecule has 0 bridgehead atoms. The summed E-state index contributed by atoms with van der Waals surface area (Å²) in [5.74, 6) is -3.17. The zero-order chi connectivity index (χ0) is 25.1. The normalized spacial score (nSPS) is 32.0. The largest absolute Gasteiger partial charge is 0.510 e. The molecule has 0 aliphatic heterocycles. The summed E-state index contributed by atoms with van der Waals surface area (Å²) in [6.07, 6.45) is 1.20. The quantitative estimate of drug-likeness (QED) is 0.496. The molecule has 1 aromatic carbocycles. The summed E-state index contributed by atoms with van der Waals surface area (Å²) >= 11 is 1.75. The number of ketones is 2. The Bertz CT molecular complexity index is 1110. The Morgan fingerprint density at radius 1 is 1.21 bits per heavy atom. The smallest absolute Gasteiger partial charge is 0.201 e. The molecule has 0 fully saturated rings. The van der Waals surface area contributed by atoms with E-state index in [1.165, 1.54) is 13.0 Å². The van der Waals surface area contributed by atoms with Gasteiger partial charge in [-0.2, -0.15) is 11.8 Å². The molecule has 4 N–H and O–H groups in total. The predicted molar refractivity (Wildman–Crippen MR) is 131 cm³/mol. The summed E-state index contributed by atoms with van der Waals surface area (Å²) < 4.78 is 0. The molecule has 0 heterocycles. The van der Waals surface area contributed by atoms with Gasteiger partial charge < -0.3 is 20.4 Å². The molecule has 0 radical (unpaired) electrons. The summed E-state index contributed by atoms with van der Waals surface area (Å²) in [6, 6.07) is 4.28. The number of phenols is 1. The third-order valence-corrected chi connectivity index (χ3v) is 9.34. The van der Waals surface area contributed by atoms with Crippen molar-refractivity contribution in [2.75, 3.05) is 19.8 Å². The highest BCUT2D eigenvalue weighted by Gasteiger charge is 2.62. The number of thioether (sulfide) groups is 1. The van der Waals surface area contributed by atoms with Gasteiger partial charge in [-0.05, 0) is 51.4 Å². The second-order valence-electron chi connectivity index (χ2n) is 9.95. The Morgan fingerprint density at radius 2 is 1.88 bits per heavy atom. The highest BCUT2D eigenvalue weighted by atomic mass is 32.2. The van der Waals surface area contributed by atoms with E-state index in [4.69, 9.17) is 0 Å². The Morgan fingerprint density at radius 3 is 2.50 bits per heavy atom. The zero-order valence-electron chi connectivity index (χ0n) is 20.2. The van der Waals surface area contributed by atoms with Crippen LogP contribution in [0.25, 0.3) is 0 Å². The molecule has 6 unspecified atom stereocenters. The van der Waals surface area contributed by atoms with Crippen molar-refractivity contribution in [1.82, 2.24) is 4.90 Å². The standard InChI is InChI=1S/C26H33NO6S/c1-6-12(2)34-11-16-14-8-7-9-18(28)19(14)23(30)20-15(16)10-17-21(27(4)5)22(29)13(3)24(31)26(17,33)25(20)32/h7-9,12,15-17,21,28-29,32-33H,6,10-11H2,1-5H3. The lowest BCUT2D eigenvalue weighted by molar-refractivity contribution is -0.147. The number of aliphatic hydroxyl groups is 3. The van der Waals surface area contributed by atoms with Crippen LogP contribution in [0.15, 0.2) is 40.9 Å². The van der Waals surface area contributed by atoms with Gasteiger partial charge in [0.1, 0.15) is 17.3 Å². The number of Topliss-reactive ketones (excluding diaryl/α,β-unsaturated/α-hetero) is 2. The highest BCUT2D eigenvalue weighted by molar-refractivity contribution is 7.99. The van der Waals surface area contributed by atoms with E-state index in [1.807, 2.05) is 6.07 Å². The van der Waals surface area contributed by atoms with Gasteiger partial charge in [0.2, 0.25) is 5.78 Å². The van der Waals surface area contributed by atoms with Crippen LogP contribution in [0.3, 0.4) is 0 Å². The van der Waals surface area contributed by atoms with Crippen molar-refractivity contribution in [2.24, 2.45) is 11.8 Å². The first kappa shape index (κ1) is 24.8. The molecule has 0 saturated heterocycles. The number of phenolic OH excluding ortho intramolecular Hbond substituents is 1. The van der Waals surface area contributed by atoms with Crippen molar-refractivity contribution < 1.29 is 30.0 Å². The number of rotatable bonds is 5. The number of allylic oxidation sites excluding steroid dienone is 1. The minimum absolute atomic E-state index is 0.00236. The van der Waals surface area contributed by atoms with E-state index < -0.39 is 40.8 Å². The number of fused-ring (bicyclic) bond motifs is 3. The van der Waals surface area contributed by atoms with Crippen LogP contribution in [0.2, 0.25) is 0 Å². The first-order valence-corrected chi connectivity index (χ1v) is 12.8. The number of hydrogen-bond donors (Lipinski definition) is 4. The summed E-state index contributed by atoms with van der Waals surface area (Å²) in [4.78, 5) is 28.6. The maximum absolute atomic E-state index is 13.6. The van der Waals surface area contributed by atoms with Gasteiger partial charge in [-0.1, -0.05) is 26.0 Å². The van der Waals surface area contributed by atoms with Crippen molar-refractivity contribution in [2.45, 2.75) is 56.4 Å². The van der Waals surface area contributed by atoms with E-state index in [0.717, 1.165) is 6.42 Å². The lowest BCUT2D eigenvalue weighted by atomic mass is 9.56. The van der Waals surface area contributed by atoms with Crippen LogP contribution in [0.5, 0.6) is 5.75 Å². The zero-order valence-corrected chi connectivity index (χ0v) is 21.0. The first-order valence-electron chi connectivity index (χ1n) is 11.7. The van der Waals surface area contributed by atoms with Crippen LogP contribution in [-0.2, 0) is 4.79 Å². The molecule has 0 saturated carbocycles. The number of benzene rings is 1. The Labute approximate surface area is 204 Å². The Hall–Kier alpha value is -2.29. The average molecular weight is 488 g/mol. The van der Waals surface area contributed by atoms with E-state index in [2.05, 4.69) is 13.8 Å². The van der Waals surface area contributed by atoms with Gasteiger partial charge in [0.15, 0.2) is 11.4 Å². The van der Waals surface area contributed by atoms with E-state index in [0.29, 0.717) is 16.6 Å². The van der Waals surface area contributed by atoms with Crippen LogP contribution in [0.4, 0.5) is 0 Å². The SMILES string of the molecule is CCC(C)SCC1c2cccc(O)c2C(=O)C2=C(O)C3(O)C(=O)C(C)=C(O)C(N(C)C)C3CC21. The van der Waals surface area contributed by atoms with E-state index >= 15 is 0 Å². The third kappa shape index (κ3) is 3.41. The highest BCUT2D eigenvalue weighted by Crippen LogP contribution is 2.56. The number of hydrogen-bond acceptors (Lipinski definition) is 8. The fourth-order valence-electron chi connectivity index (χ4n) is 5.87. The summed E-state index contributed by atoms with van der Waals surface area (Å²) in [7, 11) is 3.49. The third-order valence-electron chi connectivity index (χ3n) is 7.89. The summed E-state index contributed by atoms with van der Waals surface area (Å²) in [5, 5.41) is 44.9. The Balaban J connectivity index is 1.94. The molecular weight excluding hydrogens is 454 g/mol. The van der Waals surface area contributed by atoms with Crippen LogP contribution in [0, 0.1) is 11.8 Å². The van der Waals surface area contributed by atoms with Crippen molar-refractivity contribution in [3.05, 3.63) is 52.0 Å². The van der Waals surface area contributed by atoms with E-state index in [1.54, 1.807) is 36.8 Å². The number of carbonyl (C=O) groups excluding carboxylic acids is 2. The van der Waals surface area contributed by atoms with Gasteiger partial charge in [0.25, 0.3) is 0 Å². The molecule has 4 rings (SSSR count). The molecule has 0 aromatic heterocycles. The number of likely N-dealkylation sites (N-methyl/N-ethyl adjacent to an activating group) is 1. The van der Waals surface area contributed by atoms with Crippen molar-refractivity contribution in [3.8, 4) is 5.75 Å². The van der Waals surface area contributed by atoms with Crippen molar-refractivity contribution in [1.29, 1.82) is 0 Å². The van der Waals surface area contributed by atoms with Crippen LogP contribution in [-0.4, -0.2) is 73.6 Å². The molecule has 7 nitrogen and oxygen atoms in total. The number of aliphatic hydroxyl groups excluding tert-OH is 2. The van der Waals surface area contributed by atoms with Crippen LogP contribution in [0.1, 0.15) is 55.5 Å². The van der Waals surface area contributed by atoms with E-state index in [9.17, 15) is 30.0 Å². The molecule has 8 heteroatoms. The van der Waals surface area contributed by atoms with Crippen LogP contribution >= 0.6 is 11.8 Å². The monoisotopic (exact) mass is 487 g/mol. The molecule has 0 spiro atoms. The van der Waals surface area contributed by atoms with Gasteiger partial charge >= 0.3 is 0 Å². The summed E-state index contributed by atoms with van der Waals surface area (Å²) in [5.41, 5.74) is -1.50. The molecule has 1 aromatic rings. The van der Waals surface area contributed by atoms with Gasteiger partial charge in [-0.3, -0.25) is 14.5 Å². The topological polar surface area (TPSA) is 118 Å². The van der Waals surface area contributed by atoms with Crippen molar-refractivity contribution >= 4 is 23.3 Å². The molecule has 0 amide bonds. The molecule has 34 heavy (non-hydrogen) atoms. The molecule has 184 valence electrons. The molecule has 6 atom stereocenters. The minimum atomic E-state index is -2.32. The van der Waals surface area contributed by atoms with Gasteiger partial charge in [0.05, 0.1) is 11.6 Å². The second-order valence-corrected chi connectivity index (χ2v) is 11.4. The van der Waals surface area contributed by atoms with Crippen LogP contribution < -0.4 is 0 Å². The Kier molecular flexibility index (Phi) is 6.38. The maximum atomic E-state index is 13.6. The molecule has 3 aliphatic carbocycles. The number of nitrogens with zero attached hydrogens (tertiary/aromatic N) is 1. The fraction of sp³-hybridized carbons (Fsp3) is 0.538. The molecule has 3 aliphatic rings. The first-order chi connectivity index (χ1) is 16.0. The lowest BCUT2D eigenvalue weighted by Gasteiger charge is -2.51. The van der Waals surface area contributed by atoms with Gasteiger partial charge in [-0.25, -0.2) is 0 Å². The molecular formula is C26H33NO6S.